The Morgan fingerprint density at radius 2 is 1.52 bits per heavy atom. The van der Waals surface area contributed by atoms with Crippen molar-refractivity contribution in [3.05, 3.63) is 35.9 Å². The van der Waals surface area contributed by atoms with Crippen LogP contribution in [0.4, 0.5) is 0 Å². The second-order valence-corrected chi connectivity index (χ2v) is 5.03. The van der Waals surface area contributed by atoms with Gasteiger partial charge in [0.25, 0.3) is 5.91 Å². The van der Waals surface area contributed by atoms with Crippen LogP contribution in [0.25, 0.3) is 0 Å². The second kappa shape index (κ2) is 10.1. The first kappa shape index (κ1) is 20.1. The van der Waals surface area contributed by atoms with Gasteiger partial charge in [-0.15, -0.1) is 0 Å². The van der Waals surface area contributed by atoms with E-state index in [1.165, 1.54) is 14.2 Å². The van der Waals surface area contributed by atoms with Crippen molar-refractivity contribution in [3.8, 4) is 0 Å². The molecule has 0 fully saturated rings. The highest BCUT2D eigenvalue weighted by atomic mass is 16.5. The van der Waals surface area contributed by atoms with Crippen LogP contribution in [0.15, 0.2) is 30.3 Å². The van der Waals surface area contributed by atoms with Crippen LogP contribution < -0.4 is 0 Å². The van der Waals surface area contributed by atoms with Gasteiger partial charge in [0.2, 0.25) is 0 Å². The third-order valence-corrected chi connectivity index (χ3v) is 3.51. The number of ether oxygens (including phenoxy) is 3. The van der Waals surface area contributed by atoms with Gasteiger partial charge < -0.3 is 19.1 Å². The van der Waals surface area contributed by atoms with Gasteiger partial charge in [-0.05, 0) is 18.6 Å². The van der Waals surface area contributed by atoms with E-state index >= 15 is 0 Å². The molecule has 0 N–H and O–H groups in total. The number of carbonyl (C=O) groups is 4. The number of rotatable bonds is 8. The predicted molar refractivity (Wildman–Crippen MR) is 86.5 cm³/mol. The Kier molecular flexibility index (Phi) is 8.11. The number of esters is 3. The van der Waals surface area contributed by atoms with E-state index in [1.54, 1.807) is 30.3 Å². The van der Waals surface area contributed by atoms with E-state index in [1.807, 2.05) is 0 Å². The summed E-state index contributed by atoms with van der Waals surface area (Å²) in [5, 5.41) is 0. The highest BCUT2D eigenvalue weighted by Crippen LogP contribution is 2.15. The maximum Gasteiger partial charge on any atom is 0.328 e. The molecule has 1 rings (SSSR count). The summed E-state index contributed by atoms with van der Waals surface area (Å²) < 4.78 is 13.9. The average Bonchev–Trinajstić information content (AvgIpc) is 2.66. The maximum absolute atomic E-state index is 12.8. The minimum Gasteiger partial charge on any atom is -0.469 e. The van der Waals surface area contributed by atoms with Crippen molar-refractivity contribution in [2.75, 3.05) is 27.9 Å². The summed E-state index contributed by atoms with van der Waals surface area (Å²) in [5.74, 6) is -2.53. The molecule has 1 atom stereocenters. The highest BCUT2D eigenvalue weighted by Gasteiger charge is 2.33. The molecule has 0 saturated carbocycles. The Hall–Kier alpha value is -2.90. The zero-order valence-electron chi connectivity index (χ0n) is 14.4. The van der Waals surface area contributed by atoms with E-state index in [0.717, 1.165) is 12.0 Å². The van der Waals surface area contributed by atoms with Gasteiger partial charge in [0.1, 0.15) is 12.6 Å². The van der Waals surface area contributed by atoms with Gasteiger partial charge in [-0.2, -0.15) is 0 Å². The summed E-state index contributed by atoms with van der Waals surface area (Å²) in [7, 11) is 3.56. The number of amides is 1. The Morgan fingerprint density at radius 3 is 2.04 bits per heavy atom. The topological polar surface area (TPSA) is 99.2 Å². The van der Waals surface area contributed by atoms with Crippen molar-refractivity contribution in [3.63, 3.8) is 0 Å². The fraction of sp³-hybridized carbons (Fsp3) is 0.412. The van der Waals surface area contributed by atoms with Gasteiger partial charge in [-0.3, -0.25) is 14.4 Å². The summed E-state index contributed by atoms with van der Waals surface area (Å²) in [6, 6.07) is 7.03. The molecule has 1 aromatic carbocycles. The van der Waals surface area contributed by atoms with E-state index in [4.69, 9.17) is 4.74 Å². The fourth-order valence-electron chi connectivity index (χ4n) is 2.17. The zero-order chi connectivity index (χ0) is 18.8. The average molecular weight is 351 g/mol. The van der Waals surface area contributed by atoms with Gasteiger partial charge in [-0.1, -0.05) is 18.2 Å². The van der Waals surface area contributed by atoms with E-state index < -0.39 is 36.4 Å². The van der Waals surface area contributed by atoms with Crippen LogP contribution in [0, 0.1) is 0 Å². The highest BCUT2D eigenvalue weighted by molar-refractivity contribution is 5.98. The molecule has 0 saturated heterocycles. The summed E-state index contributed by atoms with van der Waals surface area (Å²) >= 11 is 0. The van der Waals surface area contributed by atoms with Gasteiger partial charge in [0.05, 0.1) is 21.3 Å². The first-order valence-electron chi connectivity index (χ1n) is 7.52. The van der Waals surface area contributed by atoms with Gasteiger partial charge >= 0.3 is 17.9 Å². The lowest BCUT2D eigenvalue weighted by atomic mass is 10.1. The molecule has 0 bridgehead atoms. The third-order valence-electron chi connectivity index (χ3n) is 3.51. The van der Waals surface area contributed by atoms with Crippen molar-refractivity contribution in [1.29, 1.82) is 0 Å². The van der Waals surface area contributed by atoms with Crippen LogP contribution in [0.3, 0.4) is 0 Å². The quantitative estimate of drug-likeness (QED) is 0.504. The summed E-state index contributed by atoms with van der Waals surface area (Å²) in [6.07, 6.45) is -0.162. The SMILES string of the molecule is COC(=O)CCC(C(=O)OC)N(CC(=O)OC)C(=O)c1ccccc1. The molecule has 0 aliphatic heterocycles. The predicted octanol–water partition coefficient (Wildman–Crippen LogP) is 0.797. The Labute approximate surface area is 145 Å². The van der Waals surface area contributed by atoms with Crippen LogP contribution >= 0.6 is 0 Å². The minimum absolute atomic E-state index is 0.0467. The normalized spacial score (nSPS) is 11.2. The van der Waals surface area contributed by atoms with Crippen LogP contribution in [0.1, 0.15) is 23.2 Å². The lowest BCUT2D eigenvalue weighted by Gasteiger charge is -2.29. The van der Waals surface area contributed by atoms with Crippen molar-refractivity contribution in [1.82, 2.24) is 4.90 Å². The lowest BCUT2D eigenvalue weighted by molar-refractivity contribution is -0.149. The van der Waals surface area contributed by atoms with Gasteiger partial charge in [0, 0.05) is 12.0 Å². The fourth-order valence-corrected chi connectivity index (χ4v) is 2.17. The molecular weight excluding hydrogens is 330 g/mol. The number of carbonyl (C=O) groups excluding carboxylic acids is 4. The van der Waals surface area contributed by atoms with E-state index in [9.17, 15) is 19.2 Å². The molecule has 136 valence electrons. The molecular formula is C17H21NO7. The largest absolute Gasteiger partial charge is 0.469 e. The molecule has 0 aliphatic carbocycles. The first-order chi connectivity index (χ1) is 11.9. The van der Waals surface area contributed by atoms with Crippen molar-refractivity contribution in [2.24, 2.45) is 0 Å². The van der Waals surface area contributed by atoms with Gasteiger partial charge in [0.15, 0.2) is 0 Å². The molecule has 25 heavy (non-hydrogen) atoms. The van der Waals surface area contributed by atoms with Crippen molar-refractivity contribution in [2.45, 2.75) is 18.9 Å². The number of nitrogens with zero attached hydrogens (tertiary/aromatic N) is 1. The van der Waals surface area contributed by atoms with Crippen molar-refractivity contribution >= 4 is 23.8 Å². The molecule has 1 amide bonds. The molecule has 1 unspecified atom stereocenters. The van der Waals surface area contributed by atoms with Crippen molar-refractivity contribution < 1.29 is 33.4 Å². The Morgan fingerprint density at radius 1 is 0.920 bits per heavy atom. The molecule has 0 spiro atoms. The number of benzene rings is 1. The lowest BCUT2D eigenvalue weighted by Crippen LogP contribution is -2.48. The Bertz CT molecular complexity index is 615. The maximum atomic E-state index is 12.8. The minimum atomic E-state index is -1.13. The smallest absolute Gasteiger partial charge is 0.328 e. The summed E-state index contributed by atoms with van der Waals surface area (Å²) in [4.78, 5) is 49.1. The zero-order valence-corrected chi connectivity index (χ0v) is 14.4. The molecule has 0 aromatic heterocycles. The van der Waals surface area contributed by atoms with Gasteiger partial charge in [-0.25, -0.2) is 4.79 Å². The molecule has 8 nitrogen and oxygen atoms in total. The second-order valence-electron chi connectivity index (χ2n) is 5.03. The van der Waals surface area contributed by atoms with Crippen LogP contribution in [-0.4, -0.2) is 62.6 Å². The van der Waals surface area contributed by atoms with Crippen LogP contribution in [-0.2, 0) is 28.6 Å². The molecule has 0 aliphatic rings. The van der Waals surface area contributed by atoms with E-state index in [-0.39, 0.29) is 12.8 Å². The third kappa shape index (κ3) is 5.91. The molecule has 0 radical (unpaired) electrons. The first-order valence-corrected chi connectivity index (χ1v) is 7.52. The molecule has 1 aromatic rings. The van der Waals surface area contributed by atoms with Crippen LogP contribution in [0.2, 0.25) is 0 Å². The molecule has 0 heterocycles. The number of methoxy groups -OCH3 is 3. The van der Waals surface area contributed by atoms with E-state index in [2.05, 4.69) is 9.47 Å². The standard InChI is InChI=1S/C17H21NO7/c1-23-14(19)10-9-13(17(22)25-3)18(11-15(20)24-2)16(21)12-7-5-4-6-8-12/h4-8,13H,9-11H2,1-3H3. The van der Waals surface area contributed by atoms with Crippen LogP contribution in [0.5, 0.6) is 0 Å². The monoisotopic (exact) mass is 351 g/mol. The van der Waals surface area contributed by atoms with E-state index in [0.29, 0.717) is 5.56 Å². The summed E-state index contributed by atoms with van der Waals surface area (Å²) in [6.45, 7) is -0.453. The number of hydrogen-bond donors (Lipinski definition) is 0. The molecule has 8 heteroatoms. The summed E-state index contributed by atoms with van der Waals surface area (Å²) in [5.41, 5.74) is 0.290. The number of hydrogen-bond acceptors (Lipinski definition) is 7. The Balaban J connectivity index is 3.14.